The van der Waals surface area contributed by atoms with Gasteiger partial charge in [-0.05, 0) is 25.0 Å². The quantitative estimate of drug-likeness (QED) is 0.821. The number of hydrogen-bond acceptors (Lipinski definition) is 4. The molecule has 1 aromatic carbocycles. The Labute approximate surface area is 107 Å². The van der Waals surface area contributed by atoms with E-state index in [4.69, 9.17) is 8.74 Å². The molecule has 1 aromatic rings. The number of para-hydroxylation sites is 1. The zero-order valence-corrected chi connectivity index (χ0v) is 10.8. The van der Waals surface area contributed by atoms with Gasteiger partial charge in [-0.3, -0.25) is 4.55 Å². The topological polar surface area (TPSA) is 75.6 Å². The molecule has 0 bridgehead atoms. The van der Waals surface area contributed by atoms with Gasteiger partial charge >= 0.3 is 10.4 Å². The van der Waals surface area contributed by atoms with Crippen molar-refractivity contribution in [1.29, 1.82) is 0 Å². The maximum atomic E-state index is 10.8. The van der Waals surface area contributed by atoms with Gasteiger partial charge in [-0.15, -0.1) is 0 Å². The molecule has 0 spiro atoms. The molecule has 0 aliphatic heterocycles. The van der Waals surface area contributed by atoms with Gasteiger partial charge in [-0.25, -0.2) is 4.18 Å². The molecule has 0 radical (unpaired) electrons. The van der Waals surface area contributed by atoms with E-state index < -0.39 is 16.5 Å². The van der Waals surface area contributed by atoms with Gasteiger partial charge in [0.2, 0.25) is 0 Å². The molecule has 0 amide bonds. The standard InChI is InChI=1S/C12H17NO4S/c14-18(15,16)17-12-9-5-4-8-11(12)13-10-6-2-1-3-7-10/h1-3,6-7,11-13H,4-5,8-9H2,(H,14,15,16)/t11-,12-/m1/s1. The highest BCUT2D eigenvalue weighted by Crippen LogP contribution is 2.25. The number of anilines is 1. The van der Waals surface area contributed by atoms with E-state index in [9.17, 15) is 8.42 Å². The lowest BCUT2D eigenvalue weighted by Crippen LogP contribution is -2.39. The van der Waals surface area contributed by atoms with Crippen LogP contribution in [0.2, 0.25) is 0 Å². The Kier molecular flexibility index (Phi) is 4.21. The van der Waals surface area contributed by atoms with Crippen molar-refractivity contribution >= 4 is 16.1 Å². The highest BCUT2D eigenvalue weighted by molar-refractivity contribution is 7.80. The van der Waals surface area contributed by atoms with Crippen LogP contribution in [-0.4, -0.2) is 25.1 Å². The third kappa shape index (κ3) is 3.97. The molecule has 6 heteroatoms. The highest BCUT2D eigenvalue weighted by atomic mass is 32.3. The van der Waals surface area contributed by atoms with Crippen molar-refractivity contribution in [2.24, 2.45) is 0 Å². The van der Waals surface area contributed by atoms with Crippen LogP contribution in [0, 0.1) is 0 Å². The van der Waals surface area contributed by atoms with Crippen LogP contribution < -0.4 is 5.32 Å². The fourth-order valence-electron chi connectivity index (χ4n) is 2.28. The maximum absolute atomic E-state index is 10.8. The molecule has 0 unspecified atom stereocenters. The maximum Gasteiger partial charge on any atom is 0.397 e. The van der Waals surface area contributed by atoms with Crippen LogP contribution in [0.15, 0.2) is 30.3 Å². The van der Waals surface area contributed by atoms with E-state index >= 15 is 0 Å². The minimum atomic E-state index is -4.39. The summed E-state index contributed by atoms with van der Waals surface area (Å²) in [6.07, 6.45) is 2.89. The van der Waals surface area contributed by atoms with Crippen LogP contribution >= 0.6 is 0 Å². The minimum absolute atomic E-state index is 0.0944. The SMILES string of the molecule is O=S(=O)(O)O[C@@H]1CCCC[C@H]1Nc1ccccc1. The van der Waals surface area contributed by atoms with Crippen molar-refractivity contribution in [3.05, 3.63) is 30.3 Å². The van der Waals surface area contributed by atoms with Crippen molar-refractivity contribution in [2.45, 2.75) is 37.8 Å². The monoisotopic (exact) mass is 271 g/mol. The van der Waals surface area contributed by atoms with Crippen LogP contribution in [0.4, 0.5) is 5.69 Å². The van der Waals surface area contributed by atoms with Gasteiger partial charge in [-0.1, -0.05) is 31.0 Å². The van der Waals surface area contributed by atoms with Gasteiger partial charge in [-0.2, -0.15) is 8.42 Å². The largest absolute Gasteiger partial charge is 0.397 e. The number of hydrogen-bond donors (Lipinski definition) is 2. The molecule has 5 nitrogen and oxygen atoms in total. The first-order valence-electron chi connectivity index (χ1n) is 6.02. The second kappa shape index (κ2) is 5.69. The molecular weight excluding hydrogens is 254 g/mol. The van der Waals surface area contributed by atoms with E-state index in [0.717, 1.165) is 24.9 Å². The van der Waals surface area contributed by atoms with Gasteiger partial charge < -0.3 is 5.32 Å². The molecule has 2 rings (SSSR count). The average Bonchev–Trinajstić information content (AvgIpc) is 2.31. The van der Waals surface area contributed by atoms with Crippen molar-refractivity contribution in [3.63, 3.8) is 0 Å². The molecule has 18 heavy (non-hydrogen) atoms. The molecule has 0 aromatic heterocycles. The van der Waals surface area contributed by atoms with E-state index in [-0.39, 0.29) is 6.04 Å². The minimum Gasteiger partial charge on any atom is -0.380 e. The Morgan fingerprint density at radius 3 is 2.50 bits per heavy atom. The predicted octanol–water partition coefficient (Wildman–Crippen LogP) is 2.23. The van der Waals surface area contributed by atoms with Crippen molar-refractivity contribution < 1.29 is 17.2 Å². The first-order chi connectivity index (χ1) is 8.54. The summed E-state index contributed by atoms with van der Waals surface area (Å²) in [6.45, 7) is 0. The molecule has 2 N–H and O–H groups in total. The summed E-state index contributed by atoms with van der Waals surface area (Å²) >= 11 is 0. The Bertz CT molecular complexity index is 474. The molecule has 0 saturated heterocycles. The molecule has 1 aliphatic rings. The van der Waals surface area contributed by atoms with Gasteiger partial charge in [0.25, 0.3) is 0 Å². The lowest BCUT2D eigenvalue weighted by Gasteiger charge is -2.31. The molecule has 0 heterocycles. The summed E-state index contributed by atoms with van der Waals surface area (Å²) in [7, 11) is -4.39. The number of benzene rings is 1. The second-order valence-corrected chi connectivity index (χ2v) is 5.51. The number of nitrogens with one attached hydrogen (secondary N) is 1. The third-order valence-electron chi connectivity index (χ3n) is 3.07. The summed E-state index contributed by atoms with van der Waals surface area (Å²) in [5.41, 5.74) is 0.924. The Morgan fingerprint density at radius 1 is 1.17 bits per heavy atom. The van der Waals surface area contributed by atoms with E-state index in [1.54, 1.807) is 0 Å². The van der Waals surface area contributed by atoms with Crippen LogP contribution in [0.25, 0.3) is 0 Å². The Hall–Kier alpha value is -1.11. The summed E-state index contributed by atoms with van der Waals surface area (Å²) in [4.78, 5) is 0. The average molecular weight is 271 g/mol. The van der Waals surface area contributed by atoms with Crippen LogP contribution in [0.5, 0.6) is 0 Å². The third-order valence-corrected chi connectivity index (χ3v) is 3.56. The van der Waals surface area contributed by atoms with Gasteiger partial charge in [0.05, 0.1) is 12.1 Å². The fourth-order valence-corrected chi connectivity index (χ4v) is 2.82. The van der Waals surface area contributed by atoms with E-state index in [0.29, 0.717) is 6.42 Å². The first-order valence-corrected chi connectivity index (χ1v) is 7.38. The molecular formula is C12H17NO4S. The predicted molar refractivity (Wildman–Crippen MR) is 68.7 cm³/mol. The fraction of sp³-hybridized carbons (Fsp3) is 0.500. The summed E-state index contributed by atoms with van der Waals surface area (Å²) in [6, 6.07) is 9.47. The lowest BCUT2D eigenvalue weighted by atomic mass is 9.92. The van der Waals surface area contributed by atoms with Crippen LogP contribution in [0.3, 0.4) is 0 Å². The molecule has 1 saturated carbocycles. The second-order valence-electron chi connectivity index (χ2n) is 4.46. The molecule has 1 fully saturated rings. The van der Waals surface area contributed by atoms with Gasteiger partial charge in [0.15, 0.2) is 0 Å². The van der Waals surface area contributed by atoms with Crippen molar-refractivity contribution in [2.75, 3.05) is 5.32 Å². The van der Waals surface area contributed by atoms with Crippen molar-refractivity contribution in [1.82, 2.24) is 0 Å². The Balaban J connectivity index is 2.04. The summed E-state index contributed by atoms with van der Waals surface area (Å²) in [5.74, 6) is 0. The molecule has 1 aliphatic carbocycles. The zero-order chi connectivity index (χ0) is 13.0. The molecule has 2 atom stereocenters. The van der Waals surface area contributed by atoms with Crippen LogP contribution in [-0.2, 0) is 14.6 Å². The van der Waals surface area contributed by atoms with Crippen molar-refractivity contribution in [3.8, 4) is 0 Å². The van der Waals surface area contributed by atoms with E-state index in [2.05, 4.69) is 5.32 Å². The summed E-state index contributed by atoms with van der Waals surface area (Å²) in [5, 5.41) is 3.25. The zero-order valence-electron chi connectivity index (χ0n) is 9.95. The highest BCUT2D eigenvalue weighted by Gasteiger charge is 2.29. The van der Waals surface area contributed by atoms with Gasteiger partial charge in [0, 0.05) is 5.69 Å². The Morgan fingerprint density at radius 2 is 1.83 bits per heavy atom. The van der Waals surface area contributed by atoms with E-state index in [1.165, 1.54) is 0 Å². The number of rotatable bonds is 4. The lowest BCUT2D eigenvalue weighted by molar-refractivity contribution is 0.129. The van der Waals surface area contributed by atoms with E-state index in [1.807, 2.05) is 30.3 Å². The first kappa shape index (κ1) is 13.3. The molecule has 100 valence electrons. The normalized spacial score (nSPS) is 24.7. The summed E-state index contributed by atoms with van der Waals surface area (Å²) < 4.78 is 35.1. The van der Waals surface area contributed by atoms with Crippen LogP contribution in [0.1, 0.15) is 25.7 Å². The smallest absolute Gasteiger partial charge is 0.380 e. The van der Waals surface area contributed by atoms with Gasteiger partial charge in [0.1, 0.15) is 0 Å².